The van der Waals surface area contributed by atoms with Crippen LogP contribution in [0.25, 0.3) is 0 Å². The maximum absolute atomic E-state index is 11.0. The maximum atomic E-state index is 11.0. The van der Waals surface area contributed by atoms with Crippen LogP contribution in [0, 0.1) is 12.8 Å². The summed E-state index contributed by atoms with van der Waals surface area (Å²) in [6, 6.07) is 11.4. The first-order valence-corrected chi connectivity index (χ1v) is 9.12. The Hall–Kier alpha value is -2.53. The van der Waals surface area contributed by atoms with Gasteiger partial charge in [-0.3, -0.25) is 4.79 Å². The molecule has 144 valence electrons. The number of aliphatic carboxylic acids is 1. The summed E-state index contributed by atoms with van der Waals surface area (Å²) in [5.74, 6) is 0.187. The van der Waals surface area contributed by atoms with E-state index >= 15 is 0 Å². The van der Waals surface area contributed by atoms with Crippen molar-refractivity contribution in [3.05, 3.63) is 58.7 Å². The van der Waals surface area contributed by atoms with Gasteiger partial charge in [0.1, 0.15) is 29.8 Å². The largest absolute Gasteiger partial charge is 0.489 e. The predicted octanol–water partition coefficient (Wildman–Crippen LogP) is 4.04. The van der Waals surface area contributed by atoms with Crippen LogP contribution in [-0.2, 0) is 17.8 Å². The highest BCUT2D eigenvalue weighted by atomic mass is 16.5. The van der Waals surface area contributed by atoms with Gasteiger partial charge >= 0.3 is 5.97 Å². The minimum absolute atomic E-state index is 0.331. The standard InChI is InChI=1S/C22H26O5/c1-13-9-16(19-18(10-13)20(23)22(3,4)27-19)12-26-17-7-5-15(6-8-17)11-14(2)21(24)25/h5-10,14,20,23H,11-12H2,1-4H3,(H,24,25). The summed E-state index contributed by atoms with van der Waals surface area (Å²) in [6.45, 7) is 7.75. The second kappa shape index (κ2) is 7.24. The van der Waals surface area contributed by atoms with Crippen LogP contribution in [0.4, 0.5) is 0 Å². The molecule has 0 fully saturated rings. The first-order chi connectivity index (χ1) is 12.7. The first kappa shape index (κ1) is 19.2. The Morgan fingerprint density at radius 2 is 1.93 bits per heavy atom. The summed E-state index contributed by atoms with van der Waals surface area (Å²) < 4.78 is 11.9. The summed E-state index contributed by atoms with van der Waals surface area (Å²) in [5, 5.41) is 19.5. The zero-order chi connectivity index (χ0) is 19.8. The fourth-order valence-electron chi connectivity index (χ4n) is 3.33. The molecule has 3 rings (SSSR count). The monoisotopic (exact) mass is 370 g/mol. The molecule has 0 bridgehead atoms. The van der Waals surface area contributed by atoms with Crippen LogP contribution in [0.2, 0.25) is 0 Å². The lowest BCUT2D eigenvalue weighted by molar-refractivity contribution is -0.141. The van der Waals surface area contributed by atoms with Gasteiger partial charge in [-0.25, -0.2) is 0 Å². The van der Waals surface area contributed by atoms with Crippen molar-refractivity contribution in [3.8, 4) is 11.5 Å². The number of carbonyl (C=O) groups is 1. The van der Waals surface area contributed by atoms with Gasteiger partial charge in [0, 0.05) is 11.1 Å². The van der Waals surface area contributed by atoms with E-state index in [-0.39, 0.29) is 0 Å². The van der Waals surface area contributed by atoms with E-state index in [4.69, 9.17) is 14.6 Å². The summed E-state index contributed by atoms with van der Waals surface area (Å²) >= 11 is 0. The van der Waals surface area contributed by atoms with Crippen molar-refractivity contribution >= 4 is 5.97 Å². The topological polar surface area (TPSA) is 76.0 Å². The van der Waals surface area contributed by atoms with Crippen molar-refractivity contribution in [2.24, 2.45) is 5.92 Å². The highest BCUT2D eigenvalue weighted by Gasteiger charge is 2.41. The van der Waals surface area contributed by atoms with Crippen molar-refractivity contribution in [1.29, 1.82) is 0 Å². The molecule has 2 N–H and O–H groups in total. The van der Waals surface area contributed by atoms with Gasteiger partial charge in [0.05, 0.1) is 5.92 Å². The molecule has 0 amide bonds. The van der Waals surface area contributed by atoms with E-state index in [2.05, 4.69) is 0 Å². The molecule has 0 aliphatic carbocycles. The third-order valence-electron chi connectivity index (χ3n) is 4.94. The number of aryl methyl sites for hydroxylation is 1. The Kier molecular flexibility index (Phi) is 5.16. The number of fused-ring (bicyclic) bond motifs is 1. The number of carboxylic acids is 1. The third kappa shape index (κ3) is 4.08. The molecular weight excluding hydrogens is 344 g/mol. The van der Waals surface area contributed by atoms with Crippen LogP contribution in [0.15, 0.2) is 36.4 Å². The second-order valence-corrected chi connectivity index (χ2v) is 7.83. The van der Waals surface area contributed by atoms with Gasteiger partial charge in [0.25, 0.3) is 0 Å². The van der Waals surface area contributed by atoms with Gasteiger partial charge in [-0.2, -0.15) is 0 Å². The number of aliphatic hydroxyl groups is 1. The lowest BCUT2D eigenvalue weighted by atomic mass is 9.95. The molecule has 2 aromatic rings. The van der Waals surface area contributed by atoms with Gasteiger partial charge in [-0.15, -0.1) is 0 Å². The van der Waals surface area contributed by atoms with Crippen LogP contribution >= 0.6 is 0 Å². The summed E-state index contributed by atoms with van der Waals surface area (Å²) in [5.41, 5.74) is 3.05. The molecule has 0 spiro atoms. The van der Waals surface area contributed by atoms with Crippen molar-refractivity contribution in [2.45, 2.75) is 52.4 Å². The van der Waals surface area contributed by atoms with Gasteiger partial charge in [0.2, 0.25) is 0 Å². The Labute approximate surface area is 159 Å². The summed E-state index contributed by atoms with van der Waals surface area (Å²) in [6.07, 6.45) is -0.177. The molecular formula is C22H26O5. The number of benzene rings is 2. The molecule has 1 aliphatic heterocycles. The van der Waals surface area contributed by atoms with Gasteiger partial charge in [0.15, 0.2) is 0 Å². The molecule has 1 heterocycles. The SMILES string of the molecule is Cc1cc(COc2ccc(CC(C)C(=O)O)cc2)c2c(c1)C(O)C(C)(C)O2. The van der Waals surface area contributed by atoms with E-state index in [1.54, 1.807) is 6.92 Å². The van der Waals surface area contributed by atoms with Crippen LogP contribution in [0.1, 0.15) is 49.1 Å². The van der Waals surface area contributed by atoms with Crippen LogP contribution < -0.4 is 9.47 Å². The molecule has 0 saturated heterocycles. The fraction of sp³-hybridized carbons (Fsp3) is 0.409. The van der Waals surface area contributed by atoms with Crippen molar-refractivity contribution < 1.29 is 24.5 Å². The number of aliphatic hydroxyl groups excluding tert-OH is 1. The van der Waals surface area contributed by atoms with Crippen molar-refractivity contribution in [1.82, 2.24) is 0 Å². The molecule has 2 unspecified atom stereocenters. The zero-order valence-corrected chi connectivity index (χ0v) is 16.2. The number of rotatable bonds is 6. The number of carboxylic acid groups (broad SMARTS) is 1. The molecule has 2 atom stereocenters. The number of hydrogen-bond donors (Lipinski definition) is 2. The number of ether oxygens (including phenoxy) is 2. The Morgan fingerprint density at radius 3 is 2.56 bits per heavy atom. The molecule has 1 aliphatic rings. The van der Waals surface area contributed by atoms with E-state index in [0.717, 1.165) is 22.3 Å². The smallest absolute Gasteiger partial charge is 0.306 e. The maximum Gasteiger partial charge on any atom is 0.306 e. The van der Waals surface area contributed by atoms with Gasteiger partial charge in [-0.1, -0.05) is 24.6 Å². The van der Waals surface area contributed by atoms with Crippen molar-refractivity contribution in [2.75, 3.05) is 0 Å². The second-order valence-electron chi connectivity index (χ2n) is 7.83. The average molecular weight is 370 g/mol. The zero-order valence-electron chi connectivity index (χ0n) is 16.2. The predicted molar refractivity (Wildman–Crippen MR) is 102 cm³/mol. The van der Waals surface area contributed by atoms with E-state index < -0.39 is 23.6 Å². The lowest BCUT2D eigenvalue weighted by Crippen LogP contribution is -2.30. The molecule has 0 radical (unpaired) electrons. The third-order valence-corrected chi connectivity index (χ3v) is 4.94. The van der Waals surface area contributed by atoms with Crippen molar-refractivity contribution in [3.63, 3.8) is 0 Å². The molecule has 5 nitrogen and oxygen atoms in total. The van der Waals surface area contributed by atoms with E-state index in [1.165, 1.54) is 0 Å². The molecule has 2 aromatic carbocycles. The molecule has 0 saturated carbocycles. The van der Waals surface area contributed by atoms with Crippen LogP contribution in [0.3, 0.4) is 0 Å². The molecule has 27 heavy (non-hydrogen) atoms. The van der Waals surface area contributed by atoms with E-state index in [9.17, 15) is 9.90 Å². The molecule has 5 heteroatoms. The summed E-state index contributed by atoms with van der Waals surface area (Å²) in [7, 11) is 0. The fourth-order valence-corrected chi connectivity index (χ4v) is 3.33. The highest BCUT2D eigenvalue weighted by molar-refractivity contribution is 5.69. The van der Waals surface area contributed by atoms with Gasteiger partial charge < -0.3 is 19.7 Å². The number of hydrogen-bond acceptors (Lipinski definition) is 4. The Morgan fingerprint density at radius 1 is 1.26 bits per heavy atom. The quantitative estimate of drug-likeness (QED) is 0.802. The highest BCUT2D eigenvalue weighted by Crippen LogP contribution is 2.45. The first-order valence-electron chi connectivity index (χ1n) is 9.12. The lowest BCUT2D eigenvalue weighted by Gasteiger charge is -2.22. The van der Waals surface area contributed by atoms with Crippen LogP contribution in [-0.4, -0.2) is 21.8 Å². The minimum Gasteiger partial charge on any atom is -0.489 e. The van der Waals surface area contributed by atoms with Crippen LogP contribution in [0.5, 0.6) is 11.5 Å². The average Bonchev–Trinajstić information content (AvgIpc) is 2.84. The molecule has 0 aromatic heterocycles. The summed E-state index contributed by atoms with van der Waals surface area (Å²) in [4.78, 5) is 11.0. The van der Waals surface area contributed by atoms with E-state index in [0.29, 0.717) is 24.5 Å². The normalized spacial score (nSPS) is 18.5. The Bertz CT molecular complexity index is 839. The van der Waals surface area contributed by atoms with Gasteiger partial charge in [-0.05, 0) is 57.0 Å². The Balaban J connectivity index is 1.71. The van der Waals surface area contributed by atoms with E-state index in [1.807, 2.05) is 57.2 Å². The minimum atomic E-state index is -0.797.